The number of piperazine rings is 1. The summed E-state index contributed by atoms with van der Waals surface area (Å²) in [7, 11) is 1.67. The van der Waals surface area contributed by atoms with Crippen LogP contribution in [-0.4, -0.2) is 55.5 Å². The van der Waals surface area contributed by atoms with Gasteiger partial charge in [0.1, 0.15) is 5.75 Å². The van der Waals surface area contributed by atoms with Crippen molar-refractivity contribution >= 4 is 17.5 Å². The monoisotopic (exact) mass is 492 g/mol. The predicted molar refractivity (Wildman–Crippen MR) is 140 cm³/mol. The molecule has 184 valence electrons. The summed E-state index contributed by atoms with van der Waals surface area (Å²) in [5.41, 5.74) is 4.11. The average molecular weight is 493 g/mol. The number of rotatable bonds is 9. The van der Waals surface area contributed by atoms with E-state index in [1.807, 2.05) is 71.6 Å². The van der Waals surface area contributed by atoms with Gasteiger partial charge >= 0.3 is 0 Å². The summed E-state index contributed by atoms with van der Waals surface area (Å²) < 4.78 is 11.8. The molecule has 1 heterocycles. The van der Waals surface area contributed by atoms with Gasteiger partial charge in [-0.15, -0.1) is 0 Å². The Hall–Kier alpha value is -2.86. The molecule has 0 bridgehead atoms. The lowest BCUT2D eigenvalue weighted by Gasteiger charge is -2.36. The number of hydrogen-bond donors (Lipinski definition) is 0. The van der Waals surface area contributed by atoms with Gasteiger partial charge in [0.15, 0.2) is 0 Å². The maximum atomic E-state index is 13.0. The molecule has 1 amide bonds. The second-order valence-electron chi connectivity index (χ2n) is 8.85. The molecule has 0 aromatic heterocycles. The molecule has 6 heteroatoms. The van der Waals surface area contributed by atoms with Gasteiger partial charge in [-0.2, -0.15) is 0 Å². The fraction of sp³-hybridized carbons (Fsp3) is 0.345. The molecule has 3 aromatic rings. The molecule has 1 unspecified atom stereocenters. The Kier molecular flexibility index (Phi) is 8.80. The molecule has 35 heavy (non-hydrogen) atoms. The van der Waals surface area contributed by atoms with Crippen molar-refractivity contribution in [3.05, 3.63) is 100 Å². The number of halogens is 1. The minimum Gasteiger partial charge on any atom is -0.497 e. The van der Waals surface area contributed by atoms with E-state index in [-0.39, 0.29) is 12.0 Å². The summed E-state index contributed by atoms with van der Waals surface area (Å²) in [6.45, 7) is 6.34. The van der Waals surface area contributed by atoms with Crippen LogP contribution in [0.3, 0.4) is 0 Å². The maximum absolute atomic E-state index is 13.0. The number of amides is 1. The van der Waals surface area contributed by atoms with Crippen molar-refractivity contribution in [2.24, 2.45) is 0 Å². The Labute approximate surface area is 213 Å². The second kappa shape index (κ2) is 12.2. The molecular formula is C29H33ClN2O3. The Balaban J connectivity index is 1.39. The number of benzene rings is 3. The highest BCUT2D eigenvalue weighted by Crippen LogP contribution is 2.25. The zero-order chi connectivity index (χ0) is 24.6. The van der Waals surface area contributed by atoms with Gasteiger partial charge in [0, 0.05) is 43.3 Å². The van der Waals surface area contributed by atoms with Crippen LogP contribution in [0.5, 0.6) is 5.75 Å². The fourth-order valence-electron chi connectivity index (χ4n) is 4.35. The molecule has 1 aliphatic heterocycles. The van der Waals surface area contributed by atoms with E-state index in [2.05, 4.69) is 17.9 Å². The minimum absolute atomic E-state index is 0.105. The molecule has 0 spiro atoms. The van der Waals surface area contributed by atoms with Crippen LogP contribution in [0, 0.1) is 0 Å². The number of carbonyl (C=O) groups excluding carboxylic acids is 1. The zero-order valence-electron chi connectivity index (χ0n) is 20.5. The van der Waals surface area contributed by atoms with E-state index in [1.54, 1.807) is 7.11 Å². The zero-order valence-corrected chi connectivity index (χ0v) is 21.2. The van der Waals surface area contributed by atoms with E-state index < -0.39 is 0 Å². The molecule has 0 saturated carbocycles. The molecule has 4 rings (SSSR count). The summed E-state index contributed by atoms with van der Waals surface area (Å²) in [5.74, 6) is 0.914. The summed E-state index contributed by atoms with van der Waals surface area (Å²) in [6, 6.07) is 23.8. The molecule has 1 saturated heterocycles. The molecule has 0 radical (unpaired) electrons. The van der Waals surface area contributed by atoms with Gasteiger partial charge in [0.2, 0.25) is 0 Å². The van der Waals surface area contributed by atoms with Crippen LogP contribution < -0.4 is 4.74 Å². The second-order valence-corrected chi connectivity index (χ2v) is 9.29. The van der Waals surface area contributed by atoms with Gasteiger partial charge < -0.3 is 14.4 Å². The van der Waals surface area contributed by atoms with Crippen molar-refractivity contribution in [1.29, 1.82) is 0 Å². The average Bonchev–Trinajstić information content (AvgIpc) is 2.91. The third kappa shape index (κ3) is 6.85. The van der Waals surface area contributed by atoms with Gasteiger partial charge in [0.05, 0.1) is 19.8 Å². The molecule has 1 atom stereocenters. The normalized spacial score (nSPS) is 15.1. The van der Waals surface area contributed by atoms with E-state index in [0.717, 1.165) is 48.5 Å². The number of methoxy groups -OCH3 is 1. The van der Waals surface area contributed by atoms with E-state index in [1.165, 1.54) is 5.56 Å². The molecule has 0 N–H and O–H groups in total. The summed E-state index contributed by atoms with van der Waals surface area (Å²) in [6.07, 6.45) is 0.842. The van der Waals surface area contributed by atoms with Crippen molar-refractivity contribution in [1.82, 2.24) is 9.80 Å². The van der Waals surface area contributed by atoms with Crippen LogP contribution in [0.25, 0.3) is 0 Å². The van der Waals surface area contributed by atoms with Crippen LogP contribution in [0.1, 0.15) is 40.1 Å². The third-order valence-electron chi connectivity index (χ3n) is 6.50. The van der Waals surface area contributed by atoms with Gasteiger partial charge in [0.25, 0.3) is 5.91 Å². The lowest BCUT2D eigenvalue weighted by Crippen LogP contribution is -2.49. The Morgan fingerprint density at radius 1 is 0.943 bits per heavy atom. The molecule has 1 fully saturated rings. The molecule has 1 aliphatic rings. The topological polar surface area (TPSA) is 42.0 Å². The van der Waals surface area contributed by atoms with E-state index in [0.29, 0.717) is 24.7 Å². The number of aryl methyl sites for hydroxylation is 1. The fourth-order valence-corrected chi connectivity index (χ4v) is 4.57. The Bertz CT molecular complexity index is 1110. The smallest absolute Gasteiger partial charge is 0.253 e. The number of nitrogens with zero attached hydrogens (tertiary/aromatic N) is 2. The maximum Gasteiger partial charge on any atom is 0.253 e. The van der Waals surface area contributed by atoms with Crippen LogP contribution in [0.2, 0.25) is 5.02 Å². The lowest BCUT2D eigenvalue weighted by molar-refractivity contribution is 0.00333. The first-order valence-corrected chi connectivity index (χ1v) is 12.5. The summed E-state index contributed by atoms with van der Waals surface area (Å²) >= 11 is 6.16. The van der Waals surface area contributed by atoms with Crippen molar-refractivity contribution < 1.29 is 14.3 Å². The summed E-state index contributed by atoms with van der Waals surface area (Å²) in [5, 5.41) is 0.703. The van der Waals surface area contributed by atoms with Crippen molar-refractivity contribution in [2.45, 2.75) is 26.1 Å². The highest BCUT2D eigenvalue weighted by atomic mass is 35.5. The van der Waals surface area contributed by atoms with E-state index in [9.17, 15) is 4.79 Å². The highest BCUT2D eigenvalue weighted by molar-refractivity contribution is 6.30. The molecule has 0 aliphatic carbocycles. The summed E-state index contributed by atoms with van der Waals surface area (Å²) in [4.78, 5) is 17.3. The van der Waals surface area contributed by atoms with Gasteiger partial charge in [-0.1, -0.05) is 54.9 Å². The first-order valence-electron chi connectivity index (χ1n) is 12.2. The Morgan fingerprint density at radius 2 is 1.69 bits per heavy atom. The molecule has 3 aromatic carbocycles. The van der Waals surface area contributed by atoms with Gasteiger partial charge in [-0.25, -0.2) is 0 Å². The van der Waals surface area contributed by atoms with Crippen molar-refractivity contribution in [3.8, 4) is 5.75 Å². The van der Waals surface area contributed by atoms with E-state index >= 15 is 0 Å². The first-order chi connectivity index (χ1) is 17.1. The molecular weight excluding hydrogens is 460 g/mol. The highest BCUT2D eigenvalue weighted by Gasteiger charge is 2.25. The number of carbonyl (C=O) groups is 1. The number of hydrogen-bond acceptors (Lipinski definition) is 4. The van der Waals surface area contributed by atoms with Crippen LogP contribution in [-0.2, 0) is 17.8 Å². The van der Waals surface area contributed by atoms with Crippen LogP contribution in [0.15, 0.2) is 72.8 Å². The van der Waals surface area contributed by atoms with Crippen LogP contribution in [0.4, 0.5) is 0 Å². The van der Waals surface area contributed by atoms with Crippen molar-refractivity contribution in [2.75, 3.05) is 39.8 Å². The lowest BCUT2D eigenvalue weighted by atomic mass is 10.1. The van der Waals surface area contributed by atoms with E-state index in [4.69, 9.17) is 21.1 Å². The SMILES string of the molecule is CCc1ccc(C(=O)N2CCN(CC(OCc3cccc(Cl)c3)c3cccc(OC)c3)CC2)cc1. The van der Waals surface area contributed by atoms with Gasteiger partial charge in [-0.05, 0) is 59.5 Å². The standard InChI is InChI=1S/C29H33ClN2O3/c1-3-22-10-12-24(13-11-22)29(33)32-16-14-31(15-17-32)20-28(25-7-5-9-27(19-25)34-2)35-21-23-6-4-8-26(30)18-23/h4-13,18-19,28H,3,14-17,20-21H2,1-2H3. The van der Waals surface area contributed by atoms with Crippen LogP contribution >= 0.6 is 11.6 Å². The molecule has 5 nitrogen and oxygen atoms in total. The number of ether oxygens (including phenoxy) is 2. The van der Waals surface area contributed by atoms with Gasteiger partial charge in [-0.3, -0.25) is 9.69 Å². The predicted octanol–water partition coefficient (Wildman–Crippen LogP) is 5.63. The largest absolute Gasteiger partial charge is 0.497 e. The van der Waals surface area contributed by atoms with Crippen molar-refractivity contribution in [3.63, 3.8) is 0 Å². The first kappa shape index (κ1) is 25.2. The Morgan fingerprint density at radius 3 is 2.37 bits per heavy atom. The minimum atomic E-state index is -0.132. The third-order valence-corrected chi connectivity index (χ3v) is 6.73. The quantitative estimate of drug-likeness (QED) is 0.388.